The Labute approximate surface area is 188 Å². The van der Waals surface area contributed by atoms with Crippen molar-refractivity contribution in [3.8, 4) is 11.1 Å². The first-order valence-electron chi connectivity index (χ1n) is 10.7. The summed E-state index contributed by atoms with van der Waals surface area (Å²) in [5.41, 5.74) is 7.28. The molecular formula is C26H29N3O3. The van der Waals surface area contributed by atoms with Crippen LogP contribution in [0.4, 0.5) is 0 Å². The van der Waals surface area contributed by atoms with Crippen molar-refractivity contribution in [2.75, 3.05) is 6.54 Å². The van der Waals surface area contributed by atoms with E-state index < -0.39 is 6.10 Å². The van der Waals surface area contributed by atoms with Crippen LogP contribution in [0.5, 0.6) is 0 Å². The molecule has 0 radical (unpaired) electrons. The van der Waals surface area contributed by atoms with Gasteiger partial charge in [-0.05, 0) is 80.1 Å². The van der Waals surface area contributed by atoms with Crippen LogP contribution in [-0.4, -0.2) is 39.6 Å². The van der Waals surface area contributed by atoms with Gasteiger partial charge in [-0.1, -0.05) is 35.5 Å². The number of aryl methyl sites for hydroxylation is 2. The van der Waals surface area contributed by atoms with Gasteiger partial charge in [0.2, 0.25) is 0 Å². The van der Waals surface area contributed by atoms with Crippen molar-refractivity contribution in [1.29, 1.82) is 0 Å². The van der Waals surface area contributed by atoms with E-state index in [1.54, 1.807) is 25.3 Å². The highest BCUT2D eigenvalue weighted by Gasteiger charge is 2.13. The zero-order chi connectivity index (χ0) is 23.1. The second-order valence-electron chi connectivity index (χ2n) is 7.97. The number of carbonyl (C=O) groups excluding carboxylic acids is 1. The van der Waals surface area contributed by atoms with Crippen molar-refractivity contribution in [2.45, 2.75) is 39.7 Å². The van der Waals surface area contributed by atoms with Crippen LogP contribution in [0.3, 0.4) is 0 Å². The van der Waals surface area contributed by atoms with Crippen molar-refractivity contribution in [1.82, 2.24) is 10.3 Å². The van der Waals surface area contributed by atoms with E-state index in [0.29, 0.717) is 24.1 Å². The third-order valence-electron chi connectivity index (χ3n) is 5.40. The number of nitrogens with zero attached hydrogens (tertiary/aromatic N) is 2. The average molecular weight is 432 g/mol. The van der Waals surface area contributed by atoms with Gasteiger partial charge in [0.05, 0.1) is 11.8 Å². The summed E-state index contributed by atoms with van der Waals surface area (Å²) >= 11 is 0. The maximum Gasteiger partial charge on any atom is 0.251 e. The largest absolute Gasteiger partial charge is 0.411 e. The highest BCUT2D eigenvalue weighted by Crippen LogP contribution is 2.27. The Morgan fingerprint density at radius 1 is 1.12 bits per heavy atom. The predicted molar refractivity (Wildman–Crippen MR) is 126 cm³/mol. The van der Waals surface area contributed by atoms with Gasteiger partial charge in [-0.15, -0.1) is 0 Å². The molecule has 1 heterocycles. The number of amides is 1. The first-order valence-corrected chi connectivity index (χ1v) is 10.7. The lowest BCUT2D eigenvalue weighted by Gasteiger charge is -2.13. The van der Waals surface area contributed by atoms with Crippen LogP contribution in [0.2, 0.25) is 0 Å². The minimum absolute atomic E-state index is 0.214. The molecule has 1 aromatic heterocycles. The lowest BCUT2D eigenvalue weighted by atomic mass is 9.92. The topological polar surface area (TPSA) is 94.8 Å². The van der Waals surface area contributed by atoms with Gasteiger partial charge in [-0.2, -0.15) is 0 Å². The maximum absolute atomic E-state index is 12.1. The van der Waals surface area contributed by atoms with E-state index >= 15 is 0 Å². The molecule has 166 valence electrons. The monoisotopic (exact) mass is 431 g/mol. The van der Waals surface area contributed by atoms with Crippen LogP contribution in [0.25, 0.3) is 11.1 Å². The zero-order valence-corrected chi connectivity index (χ0v) is 18.7. The molecule has 3 N–H and O–H groups in total. The van der Waals surface area contributed by atoms with Crippen molar-refractivity contribution < 1.29 is 15.1 Å². The zero-order valence-electron chi connectivity index (χ0n) is 18.7. The summed E-state index contributed by atoms with van der Waals surface area (Å²) in [4.78, 5) is 16.4. The number of nitrogens with one attached hydrogen (secondary N) is 1. The lowest BCUT2D eigenvalue weighted by Crippen LogP contribution is -2.30. The summed E-state index contributed by atoms with van der Waals surface area (Å²) in [7, 11) is 0. The number of oxime groups is 1. The van der Waals surface area contributed by atoms with Crippen molar-refractivity contribution in [3.05, 3.63) is 88.7 Å². The minimum Gasteiger partial charge on any atom is -0.411 e. The number of hydrogen-bond acceptors (Lipinski definition) is 5. The van der Waals surface area contributed by atoms with Crippen molar-refractivity contribution >= 4 is 11.6 Å². The fourth-order valence-electron chi connectivity index (χ4n) is 3.64. The average Bonchev–Trinajstić information content (AvgIpc) is 2.79. The Bertz CT molecular complexity index is 1110. The molecule has 0 saturated carbocycles. The van der Waals surface area contributed by atoms with Gasteiger partial charge in [-0.25, -0.2) is 0 Å². The van der Waals surface area contributed by atoms with Crippen molar-refractivity contribution in [3.63, 3.8) is 0 Å². The standard InChI is InChI=1S/C26H29N3O3/c1-17-15-22(13-14-27-17)23-5-4-6-24(19(23)3)25(29-32)12-9-20-7-10-21(11-8-20)26(31)28-16-18(2)30/h4-8,10-11,13-15,18,30,32H,9,12,16H2,1-3H3,(H,28,31)/b29-25+/t18-/m0/s1. The lowest BCUT2D eigenvalue weighted by molar-refractivity contribution is 0.0924. The summed E-state index contributed by atoms with van der Waals surface area (Å²) in [5, 5.41) is 25.3. The van der Waals surface area contributed by atoms with E-state index in [9.17, 15) is 15.1 Å². The minimum atomic E-state index is -0.584. The summed E-state index contributed by atoms with van der Waals surface area (Å²) in [6.07, 6.45) is 2.45. The molecule has 0 bridgehead atoms. The highest BCUT2D eigenvalue weighted by molar-refractivity contribution is 6.03. The highest BCUT2D eigenvalue weighted by atomic mass is 16.4. The third kappa shape index (κ3) is 5.80. The fraction of sp³-hybridized carbons (Fsp3) is 0.269. The molecule has 32 heavy (non-hydrogen) atoms. The molecule has 0 fully saturated rings. The van der Waals surface area contributed by atoms with Crippen LogP contribution in [-0.2, 0) is 6.42 Å². The van der Waals surface area contributed by atoms with Gasteiger partial charge in [0.25, 0.3) is 5.91 Å². The van der Waals surface area contributed by atoms with Gasteiger partial charge < -0.3 is 15.6 Å². The Morgan fingerprint density at radius 3 is 2.53 bits per heavy atom. The molecule has 3 rings (SSSR count). The predicted octanol–water partition coefficient (Wildman–Crippen LogP) is 4.29. The third-order valence-corrected chi connectivity index (χ3v) is 5.40. The van der Waals surface area contributed by atoms with Gasteiger partial charge in [0.15, 0.2) is 0 Å². The van der Waals surface area contributed by atoms with Crippen molar-refractivity contribution in [2.24, 2.45) is 5.16 Å². The molecule has 6 heteroatoms. The molecule has 0 spiro atoms. The number of rotatable bonds is 8. The number of carbonyl (C=O) groups is 1. The number of benzene rings is 2. The molecule has 3 aromatic rings. The second-order valence-corrected chi connectivity index (χ2v) is 7.97. The van der Waals surface area contributed by atoms with Crippen LogP contribution >= 0.6 is 0 Å². The molecule has 2 aromatic carbocycles. The smallest absolute Gasteiger partial charge is 0.251 e. The molecular weight excluding hydrogens is 402 g/mol. The quantitative estimate of drug-likeness (QED) is 0.282. The molecule has 0 aliphatic heterocycles. The summed E-state index contributed by atoms with van der Waals surface area (Å²) in [6.45, 7) is 5.84. The van der Waals surface area contributed by atoms with Crippen LogP contribution < -0.4 is 5.32 Å². The Balaban J connectivity index is 1.71. The maximum atomic E-state index is 12.1. The van der Waals surface area contributed by atoms with Gasteiger partial charge >= 0.3 is 0 Å². The van der Waals surface area contributed by atoms with E-state index in [1.165, 1.54) is 0 Å². The first kappa shape index (κ1) is 23.2. The van der Waals surface area contributed by atoms with Crippen LogP contribution in [0, 0.1) is 13.8 Å². The molecule has 0 unspecified atom stereocenters. The summed E-state index contributed by atoms with van der Waals surface area (Å²) in [5.74, 6) is -0.214. The summed E-state index contributed by atoms with van der Waals surface area (Å²) in [6, 6.07) is 17.3. The van der Waals surface area contributed by atoms with Gasteiger partial charge in [0.1, 0.15) is 0 Å². The number of hydrogen-bond donors (Lipinski definition) is 3. The Morgan fingerprint density at radius 2 is 1.88 bits per heavy atom. The van der Waals surface area contributed by atoms with Crippen LogP contribution in [0.15, 0.2) is 65.9 Å². The first-order chi connectivity index (χ1) is 15.4. The van der Waals surface area contributed by atoms with Crippen LogP contribution in [0.1, 0.15) is 46.1 Å². The van der Waals surface area contributed by atoms with E-state index in [1.807, 2.05) is 50.2 Å². The SMILES string of the molecule is Cc1cc(-c2cccc(/C(CCc3ccc(C(=O)NC[C@H](C)O)cc3)=N/O)c2C)ccn1. The molecule has 0 saturated heterocycles. The van der Waals surface area contributed by atoms with Gasteiger partial charge in [0, 0.05) is 29.6 Å². The normalized spacial score (nSPS) is 12.4. The molecule has 0 aliphatic carbocycles. The Kier molecular flexibility index (Phi) is 7.73. The fourth-order valence-corrected chi connectivity index (χ4v) is 3.64. The second kappa shape index (κ2) is 10.7. The number of aromatic nitrogens is 1. The number of pyridine rings is 1. The van der Waals surface area contributed by atoms with E-state index in [0.717, 1.165) is 33.5 Å². The summed E-state index contributed by atoms with van der Waals surface area (Å²) < 4.78 is 0. The Hall–Kier alpha value is -3.51. The molecule has 0 aliphatic rings. The van der Waals surface area contributed by atoms with E-state index in [-0.39, 0.29) is 12.5 Å². The van der Waals surface area contributed by atoms with E-state index in [2.05, 4.69) is 21.5 Å². The number of aliphatic hydroxyl groups excluding tert-OH is 1. The molecule has 1 amide bonds. The molecule has 6 nitrogen and oxygen atoms in total. The van der Waals surface area contributed by atoms with E-state index in [4.69, 9.17) is 0 Å². The van der Waals surface area contributed by atoms with Gasteiger partial charge in [-0.3, -0.25) is 9.78 Å². The number of aliphatic hydroxyl groups is 1. The molecule has 1 atom stereocenters.